The van der Waals surface area contributed by atoms with Gasteiger partial charge in [0.2, 0.25) is 0 Å². The van der Waals surface area contributed by atoms with Crippen molar-refractivity contribution in [1.82, 2.24) is 0 Å². The predicted molar refractivity (Wildman–Crippen MR) is 47.7 cm³/mol. The normalized spacial score (nSPS) is 14.4. The molecule has 11 heavy (non-hydrogen) atoms. The molecule has 0 atom stereocenters. The van der Waals surface area contributed by atoms with E-state index in [1.807, 2.05) is 6.92 Å². The second-order valence-corrected chi connectivity index (χ2v) is 2.81. The van der Waals surface area contributed by atoms with Gasteiger partial charge in [-0.1, -0.05) is 27.4 Å². The van der Waals surface area contributed by atoms with Crippen LogP contribution in [0.3, 0.4) is 0 Å². The van der Waals surface area contributed by atoms with Crippen molar-refractivity contribution >= 4 is 21.7 Å². The van der Waals surface area contributed by atoms with E-state index in [-0.39, 0.29) is 5.78 Å². The van der Waals surface area contributed by atoms with Gasteiger partial charge >= 0.3 is 0 Å². The number of hydrogen-bond donors (Lipinski definition) is 0. The zero-order valence-electron chi connectivity index (χ0n) is 6.15. The molecule has 56 valence electrons. The summed E-state index contributed by atoms with van der Waals surface area (Å²) in [6, 6.07) is 0. The zero-order valence-corrected chi connectivity index (χ0v) is 7.73. The smallest absolute Gasteiger partial charge is 0.174 e. The number of halogens is 1. The molecule has 0 saturated carbocycles. The Labute approximate surface area is 73.9 Å². The van der Waals surface area contributed by atoms with Gasteiger partial charge in [-0.25, -0.2) is 0 Å². The van der Waals surface area contributed by atoms with Gasteiger partial charge in [0.25, 0.3) is 0 Å². The van der Waals surface area contributed by atoms with E-state index < -0.39 is 0 Å². The largest absolute Gasteiger partial charge is 0.293 e. The van der Waals surface area contributed by atoms with Gasteiger partial charge in [-0.3, -0.25) is 4.79 Å². The molecule has 0 aliphatic heterocycles. The molecule has 0 unspecified atom stereocenters. The number of carbonyl (C=O) groups is 1. The monoisotopic (exact) mass is 210 g/mol. The summed E-state index contributed by atoms with van der Waals surface area (Å²) < 4.78 is 0. The van der Waals surface area contributed by atoms with Crippen LogP contribution in [0.4, 0.5) is 0 Å². The molecule has 0 amide bonds. The summed E-state index contributed by atoms with van der Waals surface area (Å²) in [5.41, 5.74) is 7.27. The van der Waals surface area contributed by atoms with Crippen LogP contribution in [-0.4, -0.2) is 11.1 Å². The average Bonchev–Trinajstić information content (AvgIpc) is 2.03. The molecule has 0 heterocycles. The van der Waals surface area contributed by atoms with Crippen LogP contribution in [-0.2, 0) is 4.79 Å². The topological polar surface area (TPSA) is 17.1 Å². The number of ketones is 1. The van der Waals surface area contributed by atoms with Gasteiger partial charge in [0.1, 0.15) is 0 Å². The molecule has 0 N–H and O–H groups in total. The van der Waals surface area contributed by atoms with Gasteiger partial charge in [-0.2, -0.15) is 0 Å². The second kappa shape index (κ2) is 3.54. The highest BCUT2D eigenvalue weighted by Crippen LogP contribution is 2.08. The Kier molecular flexibility index (Phi) is 2.67. The van der Waals surface area contributed by atoms with Crippen molar-refractivity contribution in [3.63, 3.8) is 0 Å². The molecule has 0 aromatic carbocycles. The molecular weight excluding hydrogens is 204 g/mol. The first-order valence-electron chi connectivity index (χ1n) is 3.23. The van der Waals surface area contributed by atoms with E-state index in [1.54, 1.807) is 12.2 Å². The fourth-order valence-electron chi connectivity index (χ4n) is 0.777. The molecule has 2 heteroatoms. The maximum absolute atomic E-state index is 11.1. The lowest BCUT2D eigenvalue weighted by atomic mass is 10.1. The lowest BCUT2D eigenvalue weighted by Gasteiger charge is -1.97. The number of allylic oxidation sites excluding steroid dienone is 4. The molecule has 1 nitrogen and oxygen atoms in total. The number of Topliss-reactive ketones (excluding diaryl/α,β-unsaturated/α-hetero) is 1. The third-order valence-corrected chi connectivity index (χ3v) is 1.82. The first kappa shape index (κ1) is 8.29. The molecule has 0 spiro atoms. The SMILES string of the molecule is CC1=C=C=CC(C(=O)CBr)=C1. The highest BCUT2D eigenvalue weighted by molar-refractivity contribution is 9.09. The van der Waals surface area contributed by atoms with Crippen molar-refractivity contribution in [3.8, 4) is 0 Å². The minimum Gasteiger partial charge on any atom is -0.293 e. The maximum Gasteiger partial charge on any atom is 0.174 e. The van der Waals surface area contributed by atoms with Crippen molar-refractivity contribution in [1.29, 1.82) is 0 Å². The van der Waals surface area contributed by atoms with Gasteiger partial charge < -0.3 is 0 Å². The first-order chi connectivity index (χ1) is 5.24. The van der Waals surface area contributed by atoms with Crippen LogP contribution in [0.15, 0.2) is 34.8 Å². The van der Waals surface area contributed by atoms with E-state index in [0.29, 0.717) is 10.9 Å². The Balaban J connectivity index is 2.91. The molecule has 1 aliphatic carbocycles. The summed E-state index contributed by atoms with van der Waals surface area (Å²) in [6.45, 7) is 1.89. The standard InChI is InChI=1S/C9H7BrO/c1-7-3-2-4-8(5-7)9(11)6-10/h4-5H,6H2,1H3. The van der Waals surface area contributed by atoms with Crippen molar-refractivity contribution in [2.24, 2.45) is 0 Å². The maximum atomic E-state index is 11.1. The molecule has 0 aromatic rings. The fraction of sp³-hybridized carbons (Fsp3) is 0.222. The van der Waals surface area contributed by atoms with E-state index in [2.05, 4.69) is 27.4 Å². The van der Waals surface area contributed by atoms with E-state index in [0.717, 1.165) is 5.57 Å². The van der Waals surface area contributed by atoms with Crippen molar-refractivity contribution in [2.45, 2.75) is 6.92 Å². The Hall–Kier alpha value is -0.810. The third kappa shape index (κ3) is 2.06. The first-order valence-corrected chi connectivity index (χ1v) is 4.35. The van der Waals surface area contributed by atoms with Crippen molar-refractivity contribution in [2.75, 3.05) is 5.33 Å². The second-order valence-electron chi connectivity index (χ2n) is 2.25. The Morgan fingerprint density at radius 1 is 1.73 bits per heavy atom. The molecule has 0 bridgehead atoms. The quantitative estimate of drug-likeness (QED) is 0.505. The molecule has 1 aliphatic rings. The van der Waals surface area contributed by atoms with Gasteiger partial charge in [0.15, 0.2) is 5.78 Å². The molecule has 0 saturated heterocycles. The molecule has 0 fully saturated rings. The summed E-state index contributed by atoms with van der Waals surface area (Å²) >= 11 is 3.10. The lowest BCUT2D eigenvalue weighted by molar-refractivity contribution is -0.112. The van der Waals surface area contributed by atoms with Crippen LogP contribution in [0.2, 0.25) is 0 Å². The van der Waals surface area contributed by atoms with E-state index >= 15 is 0 Å². The van der Waals surface area contributed by atoms with Crippen LogP contribution >= 0.6 is 15.9 Å². The number of hydrogen-bond acceptors (Lipinski definition) is 1. The van der Waals surface area contributed by atoms with E-state index in [1.165, 1.54) is 0 Å². The van der Waals surface area contributed by atoms with Crippen LogP contribution in [0, 0.1) is 0 Å². The Bertz CT molecular complexity index is 310. The van der Waals surface area contributed by atoms with Crippen LogP contribution in [0.5, 0.6) is 0 Å². The van der Waals surface area contributed by atoms with Crippen LogP contribution in [0.1, 0.15) is 6.92 Å². The summed E-state index contributed by atoms with van der Waals surface area (Å²) in [4.78, 5) is 11.1. The summed E-state index contributed by atoms with van der Waals surface area (Å²) in [5, 5.41) is 0.365. The number of alkyl halides is 1. The van der Waals surface area contributed by atoms with Crippen molar-refractivity contribution in [3.05, 3.63) is 34.8 Å². The summed E-state index contributed by atoms with van der Waals surface area (Å²) in [6.07, 6.45) is 3.46. The van der Waals surface area contributed by atoms with Gasteiger partial charge in [-0.15, -0.1) is 0 Å². The average molecular weight is 211 g/mol. The Morgan fingerprint density at radius 2 is 2.45 bits per heavy atom. The fourth-order valence-corrected chi connectivity index (χ4v) is 1.10. The van der Waals surface area contributed by atoms with Gasteiger partial charge in [0, 0.05) is 11.1 Å². The van der Waals surface area contributed by atoms with Crippen LogP contribution in [0.25, 0.3) is 0 Å². The van der Waals surface area contributed by atoms with Crippen molar-refractivity contribution < 1.29 is 4.79 Å². The molecule has 0 aromatic heterocycles. The molecule has 1 rings (SSSR count). The molecular formula is C9H7BrO. The summed E-state index contributed by atoms with van der Waals surface area (Å²) in [5.74, 6) is 0.0818. The van der Waals surface area contributed by atoms with E-state index in [9.17, 15) is 4.79 Å². The minimum atomic E-state index is 0.0818. The van der Waals surface area contributed by atoms with Gasteiger partial charge in [0.05, 0.1) is 5.33 Å². The highest BCUT2D eigenvalue weighted by Gasteiger charge is 2.04. The molecule has 0 radical (unpaired) electrons. The number of carbonyl (C=O) groups excluding carboxylic acids is 1. The van der Waals surface area contributed by atoms with E-state index in [4.69, 9.17) is 0 Å². The zero-order chi connectivity index (χ0) is 8.27. The third-order valence-electron chi connectivity index (χ3n) is 1.31. The minimum absolute atomic E-state index is 0.0818. The predicted octanol–water partition coefficient (Wildman–Crippen LogP) is 2.15. The summed E-state index contributed by atoms with van der Waals surface area (Å²) in [7, 11) is 0. The Morgan fingerprint density at radius 3 is 3.00 bits per heavy atom. The number of rotatable bonds is 2. The lowest BCUT2D eigenvalue weighted by Crippen LogP contribution is -2.01. The van der Waals surface area contributed by atoms with Gasteiger partial charge in [-0.05, 0) is 19.1 Å². The highest BCUT2D eigenvalue weighted by atomic mass is 79.9. The van der Waals surface area contributed by atoms with Crippen LogP contribution < -0.4 is 0 Å².